The Hall–Kier alpha value is -2.05. The average Bonchev–Trinajstić information content (AvgIpc) is 3.19. The van der Waals surface area contributed by atoms with Crippen LogP contribution in [0.25, 0.3) is 10.2 Å². The van der Waals surface area contributed by atoms with Gasteiger partial charge in [-0.15, -0.1) is 16.4 Å². The van der Waals surface area contributed by atoms with E-state index in [0.29, 0.717) is 0 Å². The fourth-order valence-corrected chi connectivity index (χ4v) is 5.01. The number of hydrogen-bond acceptors (Lipinski definition) is 6. The van der Waals surface area contributed by atoms with E-state index >= 15 is 0 Å². The highest BCUT2D eigenvalue weighted by atomic mass is 32.1. The summed E-state index contributed by atoms with van der Waals surface area (Å²) < 4.78 is 1.18. The number of thiophene rings is 1. The number of nitrogens with zero attached hydrogens (tertiary/aromatic N) is 3. The molecule has 1 aliphatic carbocycles. The van der Waals surface area contributed by atoms with E-state index < -0.39 is 0 Å². The molecule has 0 aromatic carbocycles. The Balaban J connectivity index is 1.61. The first-order valence-corrected chi connectivity index (χ1v) is 9.62. The van der Waals surface area contributed by atoms with E-state index in [2.05, 4.69) is 27.4 Å². The standard InChI is InChI=1S/C19H23N5S/c1-13-16(10-19(20)6-2-3-7-19)25-18-15(12-23-24-17(13)18)22-11-14-4-8-21-9-5-14/h4-5,8-9,12H,2-3,6-7,10-11,20H2,1H3,(H,22,24). The topological polar surface area (TPSA) is 76.7 Å². The lowest BCUT2D eigenvalue weighted by atomic mass is 9.93. The number of hydrogen-bond donors (Lipinski definition) is 2. The van der Waals surface area contributed by atoms with Gasteiger partial charge in [0.1, 0.15) is 5.52 Å². The van der Waals surface area contributed by atoms with Crippen LogP contribution in [-0.4, -0.2) is 20.7 Å². The maximum atomic E-state index is 6.60. The minimum Gasteiger partial charge on any atom is -0.378 e. The first-order chi connectivity index (χ1) is 12.1. The predicted molar refractivity (Wildman–Crippen MR) is 103 cm³/mol. The summed E-state index contributed by atoms with van der Waals surface area (Å²) in [5.74, 6) is 0. The zero-order chi connectivity index (χ0) is 17.3. The Bertz CT molecular complexity index is 868. The maximum Gasteiger partial charge on any atom is 0.109 e. The number of pyridine rings is 1. The average molecular weight is 353 g/mol. The van der Waals surface area contributed by atoms with Gasteiger partial charge in [-0.1, -0.05) is 12.8 Å². The third-order valence-corrected chi connectivity index (χ3v) is 6.46. The fraction of sp³-hybridized carbons (Fsp3) is 0.421. The number of aromatic nitrogens is 3. The molecule has 3 aromatic heterocycles. The summed E-state index contributed by atoms with van der Waals surface area (Å²) in [6.45, 7) is 2.89. The maximum absolute atomic E-state index is 6.60. The van der Waals surface area contributed by atoms with Gasteiger partial charge < -0.3 is 11.1 Å². The van der Waals surface area contributed by atoms with Gasteiger partial charge in [0.05, 0.1) is 16.6 Å². The molecule has 1 fully saturated rings. The lowest BCUT2D eigenvalue weighted by Crippen LogP contribution is -2.38. The second-order valence-electron chi connectivity index (χ2n) is 7.04. The van der Waals surface area contributed by atoms with E-state index in [4.69, 9.17) is 5.73 Å². The minimum absolute atomic E-state index is 0.0380. The third-order valence-electron chi connectivity index (χ3n) is 5.15. The Labute approximate surface area is 151 Å². The van der Waals surface area contributed by atoms with E-state index in [1.807, 2.05) is 42.1 Å². The van der Waals surface area contributed by atoms with Crippen molar-refractivity contribution in [2.75, 3.05) is 5.32 Å². The van der Waals surface area contributed by atoms with E-state index in [1.54, 1.807) is 0 Å². The van der Waals surface area contributed by atoms with Crippen LogP contribution in [0.1, 0.15) is 41.7 Å². The van der Waals surface area contributed by atoms with Gasteiger partial charge in [-0.25, -0.2) is 0 Å². The number of rotatable bonds is 5. The Morgan fingerprint density at radius 3 is 2.76 bits per heavy atom. The monoisotopic (exact) mass is 353 g/mol. The third kappa shape index (κ3) is 3.37. The van der Waals surface area contributed by atoms with Gasteiger partial charge in [-0.3, -0.25) is 4.98 Å². The molecule has 3 aromatic rings. The van der Waals surface area contributed by atoms with E-state index in [1.165, 1.54) is 33.5 Å². The largest absolute Gasteiger partial charge is 0.378 e. The van der Waals surface area contributed by atoms with Crippen molar-refractivity contribution in [3.63, 3.8) is 0 Å². The molecule has 0 bridgehead atoms. The summed E-state index contributed by atoms with van der Waals surface area (Å²) in [4.78, 5) is 5.41. The minimum atomic E-state index is -0.0380. The number of fused-ring (bicyclic) bond motifs is 1. The van der Waals surface area contributed by atoms with E-state index in [-0.39, 0.29) is 5.54 Å². The number of nitrogens with two attached hydrogens (primary N) is 1. The second kappa shape index (κ2) is 6.69. The molecule has 0 spiro atoms. The summed E-state index contributed by atoms with van der Waals surface area (Å²) >= 11 is 1.81. The first-order valence-electron chi connectivity index (χ1n) is 8.80. The second-order valence-corrected chi connectivity index (χ2v) is 8.15. The molecule has 0 amide bonds. The van der Waals surface area contributed by atoms with Crippen LogP contribution in [0.2, 0.25) is 0 Å². The zero-order valence-corrected chi connectivity index (χ0v) is 15.3. The van der Waals surface area contributed by atoms with Gasteiger partial charge in [0.15, 0.2) is 0 Å². The quantitative estimate of drug-likeness (QED) is 0.729. The molecule has 25 heavy (non-hydrogen) atoms. The van der Waals surface area contributed by atoms with Crippen molar-refractivity contribution in [2.24, 2.45) is 5.73 Å². The van der Waals surface area contributed by atoms with E-state index in [9.17, 15) is 0 Å². The number of anilines is 1. The van der Waals surface area contributed by atoms with Crippen LogP contribution >= 0.6 is 11.3 Å². The summed E-state index contributed by atoms with van der Waals surface area (Å²) in [6, 6.07) is 4.03. The van der Waals surface area contributed by atoms with Crippen molar-refractivity contribution in [3.05, 3.63) is 46.7 Å². The molecule has 130 valence electrons. The molecule has 1 saturated carbocycles. The van der Waals surface area contributed by atoms with Crippen LogP contribution in [-0.2, 0) is 13.0 Å². The molecule has 3 heterocycles. The van der Waals surface area contributed by atoms with Crippen molar-refractivity contribution in [3.8, 4) is 0 Å². The molecular formula is C19H23N5S. The highest BCUT2D eigenvalue weighted by Gasteiger charge is 2.31. The molecule has 5 nitrogen and oxygen atoms in total. The molecule has 3 N–H and O–H groups in total. The molecule has 0 unspecified atom stereocenters. The van der Waals surface area contributed by atoms with Crippen molar-refractivity contribution in [1.29, 1.82) is 0 Å². The van der Waals surface area contributed by atoms with Gasteiger partial charge in [0.2, 0.25) is 0 Å². The van der Waals surface area contributed by atoms with Gasteiger partial charge in [-0.2, -0.15) is 5.10 Å². The Kier molecular flexibility index (Phi) is 4.39. The first kappa shape index (κ1) is 16.4. The van der Waals surface area contributed by atoms with E-state index in [0.717, 1.165) is 37.0 Å². The molecule has 0 radical (unpaired) electrons. The molecule has 1 aliphatic rings. The SMILES string of the molecule is Cc1c(CC2(N)CCCC2)sc2c(NCc3ccncc3)cnnc12. The van der Waals surface area contributed by atoms with Crippen LogP contribution in [0.15, 0.2) is 30.7 Å². The van der Waals surface area contributed by atoms with Crippen LogP contribution in [0.5, 0.6) is 0 Å². The zero-order valence-electron chi connectivity index (χ0n) is 14.5. The summed E-state index contributed by atoms with van der Waals surface area (Å²) in [6.07, 6.45) is 11.1. The molecule has 0 atom stereocenters. The lowest BCUT2D eigenvalue weighted by molar-refractivity contribution is 0.439. The molecule has 4 rings (SSSR count). The molecule has 6 heteroatoms. The van der Waals surface area contributed by atoms with Gasteiger partial charge in [-0.05, 0) is 43.0 Å². The Morgan fingerprint density at radius 1 is 1.24 bits per heavy atom. The van der Waals surface area contributed by atoms with Crippen LogP contribution in [0.3, 0.4) is 0 Å². The molecule has 0 saturated heterocycles. The molecule has 0 aliphatic heterocycles. The van der Waals surface area contributed by atoms with Crippen LogP contribution < -0.4 is 11.1 Å². The van der Waals surface area contributed by atoms with Gasteiger partial charge >= 0.3 is 0 Å². The number of aryl methyl sites for hydroxylation is 1. The normalized spacial score (nSPS) is 16.4. The summed E-state index contributed by atoms with van der Waals surface area (Å²) in [5, 5.41) is 12.1. The van der Waals surface area contributed by atoms with Gasteiger partial charge in [0, 0.05) is 35.8 Å². The van der Waals surface area contributed by atoms with Crippen LogP contribution in [0.4, 0.5) is 5.69 Å². The summed E-state index contributed by atoms with van der Waals surface area (Å²) in [5.41, 5.74) is 11.0. The highest BCUT2D eigenvalue weighted by Crippen LogP contribution is 2.38. The highest BCUT2D eigenvalue weighted by molar-refractivity contribution is 7.19. The Morgan fingerprint density at radius 2 is 2.00 bits per heavy atom. The van der Waals surface area contributed by atoms with Crippen molar-refractivity contribution in [1.82, 2.24) is 15.2 Å². The smallest absolute Gasteiger partial charge is 0.109 e. The predicted octanol–water partition coefficient (Wildman–Crippen LogP) is 3.82. The van der Waals surface area contributed by atoms with Crippen LogP contribution in [0, 0.1) is 6.92 Å². The number of nitrogens with one attached hydrogen (secondary N) is 1. The van der Waals surface area contributed by atoms with Gasteiger partial charge in [0.25, 0.3) is 0 Å². The molecular weight excluding hydrogens is 330 g/mol. The fourth-order valence-electron chi connectivity index (χ4n) is 3.62. The van der Waals surface area contributed by atoms with Crippen molar-refractivity contribution < 1.29 is 0 Å². The van der Waals surface area contributed by atoms with Crippen molar-refractivity contribution in [2.45, 2.75) is 51.1 Å². The lowest BCUT2D eigenvalue weighted by Gasteiger charge is -2.22. The summed E-state index contributed by atoms with van der Waals surface area (Å²) in [7, 11) is 0. The van der Waals surface area contributed by atoms with Crippen molar-refractivity contribution >= 4 is 27.2 Å².